The first-order valence-corrected chi connectivity index (χ1v) is 9.88. The summed E-state index contributed by atoms with van der Waals surface area (Å²) in [4.78, 5) is 0. The van der Waals surface area contributed by atoms with Crippen molar-refractivity contribution in [2.45, 2.75) is 39.7 Å². The summed E-state index contributed by atoms with van der Waals surface area (Å²) in [7, 11) is -0.170. The van der Waals surface area contributed by atoms with Crippen LogP contribution in [-0.2, 0) is 0 Å². The van der Waals surface area contributed by atoms with Crippen LogP contribution < -0.4 is 10.5 Å². The molecular weight excluding hydrogens is 270 g/mol. The van der Waals surface area contributed by atoms with Gasteiger partial charge < -0.3 is 5.32 Å². The summed E-state index contributed by atoms with van der Waals surface area (Å²) >= 11 is 0. The van der Waals surface area contributed by atoms with E-state index in [1.807, 2.05) is 0 Å². The molecule has 1 aliphatic rings. The molecule has 1 aliphatic carbocycles. The zero-order valence-electron chi connectivity index (χ0n) is 14.1. The lowest BCUT2D eigenvalue weighted by Crippen LogP contribution is -2.16. The minimum absolute atomic E-state index is 0.170. The van der Waals surface area contributed by atoms with Gasteiger partial charge in [0, 0.05) is 0 Å². The topological polar surface area (TPSA) is 12.0 Å². The summed E-state index contributed by atoms with van der Waals surface area (Å²) < 4.78 is 0. The van der Waals surface area contributed by atoms with Crippen molar-refractivity contribution in [1.82, 2.24) is 5.32 Å². The molecule has 0 spiro atoms. The van der Waals surface area contributed by atoms with Gasteiger partial charge >= 0.3 is 0 Å². The molecule has 116 valence electrons. The SMILES string of the molecule is CCC(C)C1=CC([SiH2]c2ccccc2)C=C1.CCNCC. The Kier molecular flexibility index (Phi) is 9.03. The van der Waals surface area contributed by atoms with Crippen molar-refractivity contribution in [3.63, 3.8) is 0 Å². The molecule has 2 heteroatoms. The van der Waals surface area contributed by atoms with E-state index in [1.54, 1.807) is 10.8 Å². The molecule has 0 saturated carbocycles. The van der Waals surface area contributed by atoms with Gasteiger partial charge in [-0.05, 0) is 36.5 Å². The fourth-order valence-corrected chi connectivity index (χ4v) is 4.17. The lowest BCUT2D eigenvalue weighted by Gasteiger charge is -2.08. The quantitative estimate of drug-likeness (QED) is 0.794. The van der Waals surface area contributed by atoms with Gasteiger partial charge in [-0.15, -0.1) is 0 Å². The van der Waals surface area contributed by atoms with Crippen LogP contribution in [0, 0.1) is 5.92 Å². The zero-order valence-corrected chi connectivity index (χ0v) is 15.5. The van der Waals surface area contributed by atoms with E-state index < -0.39 is 0 Å². The molecule has 2 atom stereocenters. The van der Waals surface area contributed by atoms with Crippen LogP contribution in [0.2, 0.25) is 5.54 Å². The van der Waals surface area contributed by atoms with Gasteiger partial charge in [-0.1, -0.05) is 81.4 Å². The molecule has 1 nitrogen and oxygen atoms in total. The van der Waals surface area contributed by atoms with E-state index in [4.69, 9.17) is 0 Å². The second-order valence-electron chi connectivity index (χ2n) is 5.65. The van der Waals surface area contributed by atoms with Gasteiger partial charge in [-0.2, -0.15) is 0 Å². The second kappa shape index (κ2) is 10.6. The highest BCUT2D eigenvalue weighted by Gasteiger charge is 2.13. The average molecular weight is 302 g/mol. The highest BCUT2D eigenvalue weighted by atomic mass is 28.2. The summed E-state index contributed by atoms with van der Waals surface area (Å²) in [6.07, 6.45) is 8.48. The van der Waals surface area contributed by atoms with Crippen LogP contribution in [0.1, 0.15) is 34.1 Å². The molecular formula is C19H31NSi. The Balaban J connectivity index is 0.000000383. The minimum atomic E-state index is -0.170. The molecule has 0 heterocycles. The van der Waals surface area contributed by atoms with Crippen LogP contribution in [0.3, 0.4) is 0 Å². The summed E-state index contributed by atoms with van der Waals surface area (Å²) in [5.41, 5.74) is 2.29. The first kappa shape index (κ1) is 17.9. The highest BCUT2D eigenvalue weighted by Crippen LogP contribution is 2.26. The predicted octanol–water partition coefficient (Wildman–Crippen LogP) is 3.43. The Bertz CT molecular complexity index is 434. The third-order valence-corrected chi connectivity index (χ3v) is 5.86. The maximum atomic E-state index is 3.11. The molecule has 0 saturated heterocycles. The highest BCUT2D eigenvalue weighted by molar-refractivity contribution is 6.56. The van der Waals surface area contributed by atoms with Crippen LogP contribution in [0.4, 0.5) is 0 Å². The first-order chi connectivity index (χ1) is 10.2. The van der Waals surface area contributed by atoms with Crippen LogP contribution in [0.25, 0.3) is 0 Å². The number of rotatable bonds is 6. The fraction of sp³-hybridized carbons (Fsp3) is 0.474. The third-order valence-electron chi connectivity index (χ3n) is 3.94. The third kappa shape index (κ3) is 6.92. The molecule has 0 fully saturated rings. The van der Waals surface area contributed by atoms with E-state index >= 15 is 0 Å². The van der Waals surface area contributed by atoms with Crippen LogP contribution in [0.15, 0.2) is 54.1 Å². The molecule has 0 aromatic heterocycles. The summed E-state index contributed by atoms with van der Waals surface area (Å²) in [5, 5.41) is 4.68. The summed E-state index contributed by atoms with van der Waals surface area (Å²) in [6, 6.07) is 11.0. The van der Waals surface area contributed by atoms with Crippen molar-refractivity contribution in [3.05, 3.63) is 54.1 Å². The first-order valence-electron chi connectivity index (χ1n) is 8.35. The number of allylic oxidation sites excluding steroid dienone is 4. The molecule has 21 heavy (non-hydrogen) atoms. The predicted molar refractivity (Wildman–Crippen MR) is 99.3 cm³/mol. The fourth-order valence-electron chi connectivity index (χ4n) is 2.42. The molecule has 0 radical (unpaired) electrons. The number of hydrogen-bond acceptors (Lipinski definition) is 1. The smallest absolute Gasteiger partial charge is 0.0663 e. The molecule has 1 aromatic rings. The van der Waals surface area contributed by atoms with E-state index in [2.05, 4.69) is 81.6 Å². The zero-order chi connectivity index (χ0) is 15.5. The Morgan fingerprint density at radius 3 is 2.29 bits per heavy atom. The van der Waals surface area contributed by atoms with Crippen molar-refractivity contribution < 1.29 is 0 Å². The van der Waals surface area contributed by atoms with E-state index in [0.29, 0.717) is 0 Å². The maximum absolute atomic E-state index is 3.11. The van der Waals surface area contributed by atoms with Gasteiger partial charge in [-0.3, -0.25) is 0 Å². The lowest BCUT2D eigenvalue weighted by atomic mass is 10.0. The summed E-state index contributed by atoms with van der Waals surface area (Å²) in [5.74, 6) is 0.728. The number of nitrogens with one attached hydrogen (secondary N) is 1. The van der Waals surface area contributed by atoms with Gasteiger partial charge in [0.15, 0.2) is 0 Å². The van der Waals surface area contributed by atoms with E-state index in [1.165, 1.54) is 6.42 Å². The van der Waals surface area contributed by atoms with E-state index in [9.17, 15) is 0 Å². The van der Waals surface area contributed by atoms with Gasteiger partial charge in [-0.25, -0.2) is 0 Å². The van der Waals surface area contributed by atoms with Gasteiger partial charge in [0.1, 0.15) is 0 Å². The number of benzene rings is 1. The van der Waals surface area contributed by atoms with Crippen LogP contribution >= 0.6 is 0 Å². The van der Waals surface area contributed by atoms with Gasteiger partial charge in [0.2, 0.25) is 0 Å². The van der Waals surface area contributed by atoms with E-state index in [0.717, 1.165) is 24.5 Å². The van der Waals surface area contributed by atoms with Crippen LogP contribution in [-0.4, -0.2) is 22.6 Å². The van der Waals surface area contributed by atoms with Crippen LogP contribution in [0.5, 0.6) is 0 Å². The molecule has 1 N–H and O–H groups in total. The molecule has 2 unspecified atom stereocenters. The second-order valence-corrected chi connectivity index (χ2v) is 7.81. The molecule has 1 aromatic carbocycles. The molecule has 0 amide bonds. The minimum Gasteiger partial charge on any atom is -0.317 e. The monoisotopic (exact) mass is 301 g/mol. The average Bonchev–Trinajstić information content (AvgIpc) is 2.97. The normalized spacial score (nSPS) is 18.5. The Morgan fingerprint density at radius 1 is 1.10 bits per heavy atom. The van der Waals surface area contributed by atoms with Crippen molar-refractivity contribution >= 4 is 14.7 Å². The largest absolute Gasteiger partial charge is 0.317 e. The standard InChI is InChI=1S/C15H20Si.C4H11N/c1-3-12(2)13-9-10-15(11-13)16-14-7-5-4-6-8-14;1-3-5-4-2/h4-12,15H,3,16H2,1-2H3;5H,3-4H2,1-2H3. The van der Waals surface area contributed by atoms with Crippen molar-refractivity contribution in [2.75, 3.05) is 13.1 Å². The van der Waals surface area contributed by atoms with Crippen molar-refractivity contribution in [1.29, 1.82) is 0 Å². The van der Waals surface area contributed by atoms with E-state index in [-0.39, 0.29) is 9.52 Å². The lowest BCUT2D eigenvalue weighted by molar-refractivity contribution is 0.671. The molecule has 0 bridgehead atoms. The van der Waals surface area contributed by atoms with Gasteiger partial charge in [0.05, 0.1) is 9.52 Å². The maximum Gasteiger partial charge on any atom is 0.0663 e. The van der Waals surface area contributed by atoms with Gasteiger partial charge in [0.25, 0.3) is 0 Å². The Morgan fingerprint density at radius 2 is 1.76 bits per heavy atom. The number of hydrogen-bond donors (Lipinski definition) is 1. The Labute approximate surface area is 133 Å². The van der Waals surface area contributed by atoms with Crippen molar-refractivity contribution in [3.8, 4) is 0 Å². The Hall–Kier alpha value is -1.12. The summed E-state index contributed by atoms with van der Waals surface area (Å²) in [6.45, 7) is 11.0. The molecule has 0 aliphatic heterocycles. The molecule has 2 rings (SSSR count). The van der Waals surface area contributed by atoms with Crippen molar-refractivity contribution in [2.24, 2.45) is 5.92 Å².